The van der Waals surface area contributed by atoms with Crippen molar-refractivity contribution in [2.24, 2.45) is 0 Å². The molecule has 0 saturated heterocycles. The van der Waals surface area contributed by atoms with Gasteiger partial charge in [-0.25, -0.2) is 4.98 Å². The molecule has 0 radical (unpaired) electrons. The number of nitro groups is 1. The van der Waals surface area contributed by atoms with E-state index in [1.807, 2.05) is 43.3 Å². The van der Waals surface area contributed by atoms with Gasteiger partial charge in [-0.05, 0) is 30.7 Å². The second kappa shape index (κ2) is 7.32. The van der Waals surface area contributed by atoms with E-state index in [1.165, 1.54) is 16.9 Å². The van der Waals surface area contributed by atoms with Gasteiger partial charge in [0.25, 0.3) is 5.69 Å². The normalized spacial score (nSPS) is 10.9. The van der Waals surface area contributed by atoms with Crippen molar-refractivity contribution in [2.75, 3.05) is 0 Å². The maximum absolute atomic E-state index is 11.2. The molecule has 3 aromatic carbocycles. The first kappa shape index (κ1) is 18.0. The Kier molecular flexibility index (Phi) is 4.71. The summed E-state index contributed by atoms with van der Waals surface area (Å²) in [6, 6.07) is 19.7. The topological polar surface area (TPSA) is 70.2 Å². The summed E-state index contributed by atoms with van der Waals surface area (Å²) in [5.74, 6) is 0.533. The number of fused-ring (bicyclic) bond motifs is 1. The van der Waals surface area contributed by atoms with Crippen LogP contribution in [0.15, 0.2) is 66.7 Å². The standard InChI is InChI=1S/C21H16ClN3O3/c1-14-5-7-15(8-6-14)13-28-24-20-12-18(25(26)27)9-10-19(20)23-21(24)16-3-2-4-17(22)11-16/h2-12H,13H2,1H3. The third-order valence-electron chi connectivity index (χ3n) is 4.37. The Hall–Kier alpha value is -3.38. The molecule has 0 amide bonds. The van der Waals surface area contributed by atoms with Crippen LogP contribution in [0.3, 0.4) is 0 Å². The predicted octanol–water partition coefficient (Wildman–Crippen LogP) is 5.20. The molecule has 4 rings (SSSR count). The first-order valence-electron chi connectivity index (χ1n) is 8.63. The number of hydrogen-bond acceptors (Lipinski definition) is 4. The second-order valence-electron chi connectivity index (χ2n) is 6.43. The van der Waals surface area contributed by atoms with Crippen LogP contribution >= 0.6 is 11.6 Å². The van der Waals surface area contributed by atoms with Gasteiger partial charge in [0.15, 0.2) is 5.82 Å². The summed E-state index contributed by atoms with van der Waals surface area (Å²) in [5, 5.41) is 11.8. The van der Waals surface area contributed by atoms with E-state index in [0.717, 1.165) is 16.7 Å². The molecule has 0 unspecified atom stereocenters. The molecule has 0 N–H and O–H groups in total. The van der Waals surface area contributed by atoms with Crippen molar-refractivity contribution >= 4 is 28.3 Å². The quantitative estimate of drug-likeness (QED) is 0.345. The molecule has 140 valence electrons. The molecule has 1 aromatic heterocycles. The summed E-state index contributed by atoms with van der Waals surface area (Å²) in [4.78, 5) is 21.4. The minimum absolute atomic E-state index is 0.0229. The van der Waals surface area contributed by atoms with Crippen LogP contribution in [0.25, 0.3) is 22.4 Å². The first-order valence-corrected chi connectivity index (χ1v) is 9.01. The van der Waals surface area contributed by atoms with Gasteiger partial charge in [0.1, 0.15) is 12.1 Å². The van der Waals surface area contributed by atoms with Gasteiger partial charge in [0.2, 0.25) is 0 Å². The minimum Gasteiger partial charge on any atom is -0.407 e. The van der Waals surface area contributed by atoms with Gasteiger partial charge in [-0.1, -0.05) is 53.6 Å². The average molecular weight is 394 g/mol. The lowest BCUT2D eigenvalue weighted by molar-refractivity contribution is -0.384. The van der Waals surface area contributed by atoms with Crippen molar-refractivity contribution < 1.29 is 9.76 Å². The molecule has 0 saturated carbocycles. The largest absolute Gasteiger partial charge is 0.407 e. The number of non-ortho nitro benzene ring substituents is 1. The smallest absolute Gasteiger partial charge is 0.271 e. The zero-order chi connectivity index (χ0) is 19.7. The van der Waals surface area contributed by atoms with Crippen molar-refractivity contribution in [3.8, 4) is 11.4 Å². The fourth-order valence-corrected chi connectivity index (χ4v) is 3.11. The van der Waals surface area contributed by atoms with Crippen LogP contribution in [0.1, 0.15) is 11.1 Å². The lowest BCUT2D eigenvalue weighted by atomic mass is 10.2. The molecule has 1 heterocycles. The summed E-state index contributed by atoms with van der Waals surface area (Å²) >= 11 is 6.13. The lowest BCUT2D eigenvalue weighted by Crippen LogP contribution is -2.12. The summed E-state index contributed by atoms with van der Waals surface area (Å²) < 4.78 is 1.54. The van der Waals surface area contributed by atoms with Crippen molar-refractivity contribution in [3.63, 3.8) is 0 Å². The monoisotopic (exact) mass is 393 g/mol. The Labute approximate surface area is 166 Å². The van der Waals surface area contributed by atoms with Gasteiger partial charge < -0.3 is 4.84 Å². The Morgan fingerprint density at radius 2 is 1.89 bits per heavy atom. The highest BCUT2D eigenvalue weighted by molar-refractivity contribution is 6.30. The van der Waals surface area contributed by atoms with E-state index in [1.54, 1.807) is 18.2 Å². The molecular weight excluding hydrogens is 378 g/mol. The Morgan fingerprint density at radius 1 is 1.11 bits per heavy atom. The molecule has 4 aromatic rings. The number of aryl methyl sites for hydroxylation is 1. The van der Waals surface area contributed by atoms with Crippen LogP contribution in [0.2, 0.25) is 5.02 Å². The molecule has 0 atom stereocenters. The van der Waals surface area contributed by atoms with Crippen LogP contribution in [0.5, 0.6) is 0 Å². The molecule has 0 spiro atoms. The second-order valence-corrected chi connectivity index (χ2v) is 6.87. The molecule has 0 aliphatic carbocycles. The van der Waals surface area contributed by atoms with E-state index in [4.69, 9.17) is 16.4 Å². The van der Waals surface area contributed by atoms with Gasteiger partial charge in [0.05, 0.1) is 10.4 Å². The molecule has 0 aliphatic heterocycles. The summed E-state index contributed by atoms with van der Waals surface area (Å²) in [6.07, 6.45) is 0. The van der Waals surface area contributed by atoms with E-state index in [0.29, 0.717) is 28.5 Å². The molecule has 0 fully saturated rings. The van der Waals surface area contributed by atoms with Crippen LogP contribution < -0.4 is 4.84 Å². The van der Waals surface area contributed by atoms with E-state index >= 15 is 0 Å². The molecule has 28 heavy (non-hydrogen) atoms. The lowest BCUT2D eigenvalue weighted by Gasteiger charge is -2.11. The fourth-order valence-electron chi connectivity index (χ4n) is 2.92. The number of nitrogens with zero attached hydrogens (tertiary/aromatic N) is 3. The van der Waals surface area contributed by atoms with Crippen LogP contribution in [-0.2, 0) is 6.61 Å². The third kappa shape index (κ3) is 3.54. The molecular formula is C21H16ClN3O3. The van der Waals surface area contributed by atoms with Gasteiger partial charge in [-0.3, -0.25) is 10.1 Å². The maximum atomic E-state index is 11.2. The van der Waals surface area contributed by atoms with Crippen molar-refractivity contribution in [2.45, 2.75) is 13.5 Å². The van der Waals surface area contributed by atoms with Crippen LogP contribution in [0, 0.1) is 17.0 Å². The fraction of sp³-hybridized carbons (Fsp3) is 0.0952. The number of aromatic nitrogens is 2. The first-order chi connectivity index (χ1) is 13.5. The molecule has 0 bridgehead atoms. The number of rotatable bonds is 5. The number of halogens is 1. The summed E-state index contributed by atoms with van der Waals surface area (Å²) in [5.41, 5.74) is 4.00. The summed E-state index contributed by atoms with van der Waals surface area (Å²) in [7, 11) is 0. The molecule has 6 nitrogen and oxygen atoms in total. The zero-order valence-corrected chi connectivity index (χ0v) is 15.8. The molecule has 7 heteroatoms. The average Bonchev–Trinajstić information content (AvgIpc) is 3.05. The van der Waals surface area contributed by atoms with Gasteiger partial charge >= 0.3 is 0 Å². The third-order valence-corrected chi connectivity index (χ3v) is 4.61. The zero-order valence-electron chi connectivity index (χ0n) is 15.0. The van der Waals surface area contributed by atoms with E-state index in [-0.39, 0.29) is 5.69 Å². The molecule has 0 aliphatic rings. The minimum atomic E-state index is -0.435. The Morgan fingerprint density at radius 3 is 2.61 bits per heavy atom. The van der Waals surface area contributed by atoms with E-state index in [9.17, 15) is 10.1 Å². The SMILES string of the molecule is Cc1ccc(COn2c(-c3cccc(Cl)c3)nc3ccc([N+](=O)[O-])cc32)cc1. The van der Waals surface area contributed by atoms with Gasteiger partial charge in [-0.15, -0.1) is 0 Å². The maximum Gasteiger partial charge on any atom is 0.271 e. The van der Waals surface area contributed by atoms with E-state index < -0.39 is 4.92 Å². The van der Waals surface area contributed by atoms with Gasteiger partial charge in [0, 0.05) is 22.7 Å². The van der Waals surface area contributed by atoms with Crippen molar-refractivity contribution in [3.05, 3.63) is 93.0 Å². The Balaban J connectivity index is 1.81. The van der Waals surface area contributed by atoms with Crippen LogP contribution in [0.4, 0.5) is 5.69 Å². The Bertz CT molecular complexity index is 1170. The number of nitro benzene ring substituents is 1. The highest BCUT2D eigenvalue weighted by Gasteiger charge is 2.17. The number of hydrogen-bond donors (Lipinski definition) is 0. The van der Waals surface area contributed by atoms with Crippen molar-refractivity contribution in [1.29, 1.82) is 0 Å². The highest BCUT2D eigenvalue weighted by Crippen LogP contribution is 2.28. The predicted molar refractivity (Wildman–Crippen MR) is 108 cm³/mol. The van der Waals surface area contributed by atoms with Crippen molar-refractivity contribution in [1.82, 2.24) is 9.71 Å². The van der Waals surface area contributed by atoms with E-state index in [2.05, 4.69) is 4.98 Å². The van der Waals surface area contributed by atoms with Gasteiger partial charge in [-0.2, -0.15) is 4.73 Å². The van der Waals surface area contributed by atoms with Crippen LogP contribution in [-0.4, -0.2) is 14.6 Å². The summed E-state index contributed by atoms with van der Waals surface area (Å²) in [6.45, 7) is 2.31. The number of imidazole rings is 1. The number of benzene rings is 3. The highest BCUT2D eigenvalue weighted by atomic mass is 35.5.